The fraction of sp³-hybridized carbons (Fsp3) is 0.688. The maximum absolute atomic E-state index is 6.02. The normalized spacial score (nSPS) is 18.3. The van der Waals surface area contributed by atoms with Gasteiger partial charge in [0.05, 0.1) is 12.1 Å². The van der Waals surface area contributed by atoms with Gasteiger partial charge in [-0.25, -0.2) is 0 Å². The first-order chi connectivity index (χ1) is 9.26. The summed E-state index contributed by atoms with van der Waals surface area (Å²) in [5.41, 5.74) is 2.32. The summed E-state index contributed by atoms with van der Waals surface area (Å²) in [7, 11) is 0. The fourth-order valence-corrected chi connectivity index (χ4v) is 2.51. The molecule has 1 fully saturated rings. The Balaban J connectivity index is 2.15. The van der Waals surface area contributed by atoms with Crippen LogP contribution in [-0.4, -0.2) is 24.2 Å². The van der Waals surface area contributed by atoms with Gasteiger partial charge in [0.15, 0.2) is 0 Å². The molecule has 1 aromatic rings. The predicted molar refractivity (Wildman–Crippen MR) is 78.1 cm³/mol. The lowest BCUT2D eigenvalue weighted by Crippen LogP contribution is -2.36. The van der Waals surface area contributed by atoms with E-state index < -0.39 is 0 Å². The van der Waals surface area contributed by atoms with Gasteiger partial charge in [0.2, 0.25) is 0 Å². The number of aryl methyl sites for hydroxylation is 1. The molecule has 2 atom stereocenters. The Hall–Kier alpha value is -0.930. The molecular weight excluding hydrogens is 236 g/mol. The SMILES string of the molecule is CCCNC(c1ccc(C)nc1)C(OCC)C1CC1. The molecule has 2 unspecified atom stereocenters. The summed E-state index contributed by atoms with van der Waals surface area (Å²) < 4.78 is 6.02. The second-order valence-electron chi connectivity index (χ2n) is 5.42. The zero-order valence-electron chi connectivity index (χ0n) is 12.4. The van der Waals surface area contributed by atoms with Crippen molar-refractivity contribution in [3.63, 3.8) is 0 Å². The molecule has 0 radical (unpaired) electrons. The smallest absolute Gasteiger partial charge is 0.0798 e. The maximum Gasteiger partial charge on any atom is 0.0798 e. The Morgan fingerprint density at radius 2 is 2.16 bits per heavy atom. The van der Waals surface area contributed by atoms with Crippen molar-refractivity contribution in [1.82, 2.24) is 10.3 Å². The van der Waals surface area contributed by atoms with Crippen LogP contribution >= 0.6 is 0 Å². The monoisotopic (exact) mass is 262 g/mol. The average molecular weight is 262 g/mol. The maximum atomic E-state index is 6.02. The number of aromatic nitrogens is 1. The van der Waals surface area contributed by atoms with E-state index in [1.54, 1.807) is 0 Å². The molecule has 0 aliphatic heterocycles. The van der Waals surface area contributed by atoms with Gasteiger partial charge in [-0.05, 0) is 57.2 Å². The molecule has 0 aromatic carbocycles. The van der Waals surface area contributed by atoms with E-state index in [2.05, 4.69) is 36.3 Å². The zero-order valence-corrected chi connectivity index (χ0v) is 12.4. The highest BCUT2D eigenvalue weighted by Crippen LogP contribution is 2.40. The molecule has 3 heteroatoms. The third-order valence-electron chi connectivity index (χ3n) is 3.68. The minimum atomic E-state index is 0.278. The van der Waals surface area contributed by atoms with Crippen LogP contribution in [0.4, 0.5) is 0 Å². The first kappa shape index (κ1) is 14.5. The molecule has 1 aliphatic carbocycles. The minimum absolute atomic E-state index is 0.278. The Morgan fingerprint density at radius 3 is 2.68 bits per heavy atom. The van der Waals surface area contributed by atoms with Crippen LogP contribution < -0.4 is 5.32 Å². The highest BCUT2D eigenvalue weighted by Gasteiger charge is 2.37. The lowest BCUT2D eigenvalue weighted by molar-refractivity contribution is 0.0185. The number of nitrogens with zero attached hydrogens (tertiary/aromatic N) is 1. The van der Waals surface area contributed by atoms with Gasteiger partial charge in [-0.2, -0.15) is 0 Å². The number of hydrogen-bond acceptors (Lipinski definition) is 3. The number of hydrogen-bond donors (Lipinski definition) is 1. The van der Waals surface area contributed by atoms with Gasteiger partial charge in [-0.3, -0.25) is 4.98 Å². The van der Waals surface area contributed by atoms with Crippen molar-refractivity contribution in [1.29, 1.82) is 0 Å². The molecule has 0 spiro atoms. The molecule has 1 N–H and O–H groups in total. The zero-order chi connectivity index (χ0) is 13.7. The second kappa shape index (κ2) is 7.01. The van der Waals surface area contributed by atoms with E-state index in [-0.39, 0.29) is 6.04 Å². The van der Waals surface area contributed by atoms with E-state index in [1.807, 2.05) is 13.1 Å². The van der Waals surface area contributed by atoms with E-state index in [0.29, 0.717) is 6.10 Å². The van der Waals surface area contributed by atoms with Crippen molar-refractivity contribution >= 4 is 0 Å². The van der Waals surface area contributed by atoms with Crippen LogP contribution in [0, 0.1) is 12.8 Å². The average Bonchev–Trinajstić information content (AvgIpc) is 3.24. The number of pyridine rings is 1. The summed E-state index contributed by atoms with van der Waals surface area (Å²) in [6.07, 6.45) is 6.03. The summed E-state index contributed by atoms with van der Waals surface area (Å²) in [4.78, 5) is 4.43. The van der Waals surface area contributed by atoms with E-state index in [0.717, 1.165) is 31.2 Å². The van der Waals surface area contributed by atoms with Crippen LogP contribution in [0.15, 0.2) is 18.3 Å². The van der Waals surface area contributed by atoms with Gasteiger partial charge < -0.3 is 10.1 Å². The van der Waals surface area contributed by atoms with Gasteiger partial charge in [-0.1, -0.05) is 13.0 Å². The summed E-state index contributed by atoms with van der Waals surface area (Å²) >= 11 is 0. The van der Waals surface area contributed by atoms with Gasteiger partial charge in [0, 0.05) is 18.5 Å². The third-order valence-corrected chi connectivity index (χ3v) is 3.68. The van der Waals surface area contributed by atoms with Crippen molar-refractivity contribution in [2.75, 3.05) is 13.2 Å². The molecule has 0 saturated heterocycles. The Bertz CT molecular complexity index is 373. The Morgan fingerprint density at radius 1 is 1.37 bits per heavy atom. The number of nitrogens with one attached hydrogen (secondary N) is 1. The van der Waals surface area contributed by atoms with E-state index in [9.17, 15) is 0 Å². The van der Waals surface area contributed by atoms with Crippen LogP contribution in [0.2, 0.25) is 0 Å². The van der Waals surface area contributed by atoms with Crippen molar-refractivity contribution in [2.45, 2.75) is 52.2 Å². The van der Waals surface area contributed by atoms with E-state index in [4.69, 9.17) is 4.74 Å². The summed E-state index contributed by atoms with van der Waals surface area (Å²) in [6.45, 7) is 8.11. The van der Waals surface area contributed by atoms with Crippen LogP contribution in [0.5, 0.6) is 0 Å². The van der Waals surface area contributed by atoms with Crippen molar-refractivity contribution in [3.05, 3.63) is 29.6 Å². The molecule has 1 saturated carbocycles. The van der Waals surface area contributed by atoms with Crippen LogP contribution in [0.3, 0.4) is 0 Å². The second-order valence-corrected chi connectivity index (χ2v) is 5.42. The van der Waals surface area contributed by atoms with E-state index >= 15 is 0 Å². The van der Waals surface area contributed by atoms with Gasteiger partial charge >= 0.3 is 0 Å². The molecule has 1 aliphatic rings. The largest absolute Gasteiger partial charge is 0.376 e. The molecular formula is C16H26N2O. The molecule has 3 nitrogen and oxygen atoms in total. The lowest BCUT2D eigenvalue weighted by Gasteiger charge is -2.28. The molecule has 1 heterocycles. The number of rotatable bonds is 8. The summed E-state index contributed by atoms with van der Waals surface area (Å²) in [6, 6.07) is 4.55. The molecule has 0 bridgehead atoms. The topological polar surface area (TPSA) is 34.2 Å². The summed E-state index contributed by atoms with van der Waals surface area (Å²) in [5.74, 6) is 0.718. The molecule has 106 valence electrons. The summed E-state index contributed by atoms with van der Waals surface area (Å²) in [5, 5.41) is 3.65. The molecule has 1 aromatic heterocycles. The highest BCUT2D eigenvalue weighted by molar-refractivity contribution is 5.19. The van der Waals surface area contributed by atoms with Crippen molar-refractivity contribution < 1.29 is 4.74 Å². The van der Waals surface area contributed by atoms with Gasteiger partial charge in [-0.15, -0.1) is 0 Å². The van der Waals surface area contributed by atoms with Crippen LogP contribution in [0.1, 0.15) is 50.4 Å². The lowest BCUT2D eigenvalue weighted by atomic mass is 9.99. The molecule has 19 heavy (non-hydrogen) atoms. The van der Waals surface area contributed by atoms with Crippen molar-refractivity contribution in [2.24, 2.45) is 5.92 Å². The first-order valence-corrected chi connectivity index (χ1v) is 7.53. The third kappa shape index (κ3) is 4.02. The fourth-order valence-electron chi connectivity index (χ4n) is 2.51. The highest BCUT2D eigenvalue weighted by atomic mass is 16.5. The standard InChI is InChI=1S/C16H26N2O/c1-4-10-17-15(14-7-6-12(3)18-11-14)16(19-5-2)13-8-9-13/h6-7,11,13,15-17H,4-5,8-10H2,1-3H3. The quantitative estimate of drug-likeness (QED) is 0.781. The minimum Gasteiger partial charge on any atom is -0.376 e. The molecule has 0 amide bonds. The number of ether oxygens (including phenoxy) is 1. The Labute approximate surface area is 116 Å². The predicted octanol–water partition coefficient (Wildman–Crippen LogP) is 3.25. The van der Waals surface area contributed by atoms with Crippen LogP contribution in [-0.2, 0) is 4.74 Å². The van der Waals surface area contributed by atoms with Crippen molar-refractivity contribution in [3.8, 4) is 0 Å². The van der Waals surface area contributed by atoms with Crippen LogP contribution in [0.25, 0.3) is 0 Å². The molecule has 2 rings (SSSR count). The first-order valence-electron chi connectivity index (χ1n) is 7.53. The van der Waals surface area contributed by atoms with E-state index in [1.165, 1.54) is 18.4 Å². The van der Waals surface area contributed by atoms with Gasteiger partial charge in [0.25, 0.3) is 0 Å². The Kier molecular flexibility index (Phi) is 5.34. The van der Waals surface area contributed by atoms with Gasteiger partial charge in [0.1, 0.15) is 0 Å².